The number of carbonyl (C=O) groups excluding carboxylic acids is 1. The van der Waals surface area contributed by atoms with Gasteiger partial charge in [-0.25, -0.2) is 17.2 Å². The molecule has 0 aliphatic heterocycles. The minimum Gasteiger partial charge on any atom is -0.390 e. The van der Waals surface area contributed by atoms with Crippen LogP contribution in [0, 0.1) is 11.6 Å². The summed E-state index contributed by atoms with van der Waals surface area (Å²) in [6, 6.07) is 15.8. The fourth-order valence-electron chi connectivity index (χ4n) is 4.18. The van der Waals surface area contributed by atoms with Crippen molar-refractivity contribution < 1.29 is 27.1 Å². The van der Waals surface area contributed by atoms with E-state index in [0.29, 0.717) is 13.0 Å². The average molecular weight is 545 g/mol. The van der Waals surface area contributed by atoms with E-state index < -0.39 is 39.5 Å². The molecular formula is C29H34F2N2O4S. The molecule has 0 spiro atoms. The van der Waals surface area contributed by atoms with E-state index in [4.69, 9.17) is 0 Å². The summed E-state index contributed by atoms with van der Waals surface area (Å²) >= 11 is 0. The number of carbonyl (C=O) groups is 1. The number of aliphatic hydroxyl groups excluding tert-OH is 1. The number of aryl methyl sites for hydroxylation is 1. The summed E-state index contributed by atoms with van der Waals surface area (Å²) in [5.41, 5.74) is 2.72. The molecule has 0 aliphatic carbocycles. The van der Waals surface area contributed by atoms with Crippen molar-refractivity contribution >= 4 is 15.7 Å². The number of sulfone groups is 1. The fraction of sp³-hybridized carbons (Fsp3) is 0.345. The van der Waals surface area contributed by atoms with E-state index >= 15 is 0 Å². The van der Waals surface area contributed by atoms with Crippen LogP contribution >= 0.6 is 0 Å². The molecule has 0 saturated heterocycles. The lowest BCUT2D eigenvalue weighted by Gasteiger charge is -2.25. The van der Waals surface area contributed by atoms with Gasteiger partial charge in [0.2, 0.25) is 0 Å². The molecule has 0 radical (unpaired) electrons. The predicted molar refractivity (Wildman–Crippen MR) is 144 cm³/mol. The van der Waals surface area contributed by atoms with Crippen LogP contribution in [0.3, 0.4) is 0 Å². The number of benzene rings is 3. The first-order chi connectivity index (χ1) is 18.1. The van der Waals surface area contributed by atoms with Crippen molar-refractivity contribution in [3.05, 3.63) is 101 Å². The summed E-state index contributed by atoms with van der Waals surface area (Å²) in [6.07, 6.45) is 0.282. The topological polar surface area (TPSA) is 95.5 Å². The van der Waals surface area contributed by atoms with Gasteiger partial charge in [0.1, 0.15) is 11.6 Å². The summed E-state index contributed by atoms with van der Waals surface area (Å²) in [5.74, 6) is -2.04. The normalized spacial score (nSPS) is 13.2. The largest absolute Gasteiger partial charge is 0.390 e. The molecule has 38 heavy (non-hydrogen) atoms. The highest BCUT2D eigenvalue weighted by Crippen LogP contribution is 2.16. The van der Waals surface area contributed by atoms with E-state index in [1.54, 1.807) is 6.92 Å². The van der Waals surface area contributed by atoms with Crippen LogP contribution in [0.2, 0.25) is 0 Å². The van der Waals surface area contributed by atoms with Crippen molar-refractivity contribution in [1.29, 1.82) is 0 Å². The third kappa shape index (κ3) is 8.44. The molecular weight excluding hydrogens is 510 g/mol. The minimum atomic E-state index is -3.43. The lowest BCUT2D eigenvalue weighted by molar-refractivity contribution is 0.0829. The molecule has 6 nitrogen and oxygen atoms in total. The van der Waals surface area contributed by atoms with Crippen LogP contribution in [0.25, 0.3) is 0 Å². The second-order valence-electron chi connectivity index (χ2n) is 9.28. The third-order valence-electron chi connectivity index (χ3n) is 6.19. The summed E-state index contributed by atoms with van der Waals surface area (Å²) in [6.45, 7) is 4.45. The van der Waals surface area contributed by atoms with Crippen LogP contribution in [0.1, 0.15) is 47.3 Å². The van der Waals surface area contributed by atoms with Crippen LogP contribution in [0.4, 0.5) is 8.78 Å². The number of amides is 1. The number of rotatable bonds is 13. The van der Waals surface area contributed by atoms with E-state index in [2.05, 4.69) is 23.6 Å². The Bertz CT molecular complexity index is 1310. The SMILES string of the molecule is CCCS(=O)(=O)c1ccc(C(=O)N[C@@H](Cc2cc(F)cc(F)c2)[C@H](O)CNCc2cccc(CC)c2)cc1. The zero-order valence-electron chi connectivity index (χ0n) is 21.6. The highest BCUT2D eigenvalue weighted by atomic mass is 32.2. The molecule has 3 aromatic carbocycles. The Labute approximate surface area is 223 Å². The molecule has 3 aromatic rings. The molecule has 0 saturated carbocycles. The predicted octanol–water partition coefficient (Wildman–Crippen LogP) is 4.20. The Balaban J connectivity index is 1.73. The van der Waals surface area contributed by atoms with E-state index in [1.807, 2.05) is 18.2 Å². The van der Waals surface area contributed by atoms with E-state index in [-0.39, 0.29) is 34.7 Å². The molecule has 3 rings (SSSR count). The minimum absolute atomic E-state index is 0.00669. The standard InChI is InChI=1S/C29H34F2N2O4S/c1-3-12-38(36,37)26-10-8-23(9-11-26)29(35)33-27(16-22-14-24(30)17-25(31)15-22)28(34)19-32-18-21-7-5-6-20(4-2)13-21/h5-11,13-15,17,27-28,32,34H,3-4,12,16,18-19H2,1-2H3,(H,33,35)/t27-,28+/m0/s1. The molecule has 0 aromatic heterocycles. The van der Waals surface area contributed by atoms with E-state index in [9.17, 15) is 27.1 Å². The molecule has 3 N–H and O–H groups in total. The van der Waals surface area contributed by atoms with Crippen LogP contribution in [0.5, 0.6) is 0 Å². The Morgan fingerprint density at radius 1 is 0.921 bits per heavy atom. The fourth-order valence-corrected chi connectivity index (χ4v) is 5.51. The third-order valence-corrected chi connectivity index (χ3v) is 8.13. The smallest absolute Gasteiger partial charge is 0.251 e. The summed E-state index contributed by atoms with van der Waals surface area (Å²) < 4.78 is 52.1. The van der Waals surface area contributed by atoms with Gasteiger partial charge in [0.25, 0.3) is 5.91 Å². The number of nitrogens with one attached hydrogen (secondary N) is 2. The van der Waals surface area contributed by atoms with Gasteiger partial charge < -0.3 is 15.7 Å². The van der Waals surface area contributed by atoms with Crippen molar-refractivity contribution in [3.63, 3.8) is 0 Å². The van der Waals surface area contributed by atoms with Gasteiger partial charge in [-0.1, -0.05) is 38.1 Å². The van der Waals surface area contributed by atoms with Crippen LogP contribution in [0.15, 0.2) is 71.6 Å². The monoisotopic (exact) mass is 544 g/mol. The van der Waals surface area contributed by atoms with Crippen molar-refractivity contribution in [1.82, 2.24) is 10.6 Å². The lowest BCUT2D eigenvalue weighted by atomic mass is 10.00. The summed E-state index contributed by atoms with van der Waals surface area (Å²) in [5, 5.41) is 16.9. The second-order valence-corrected chi connectivity index (χ2v) is 11.4. The zero-order chi connectivity index (χ0) is 27.7. The zero-order valence-corrected chi connectivity index (χ0v) is 22.4. The maximum absolute atomic E-state index is 13.8. The van der Waals surface area contributed by atoms with Crippen LogP contribution < -0.4 is 10.6 Å². The summed E-state index contributed by atoms with van der Waals surface area (Å²) in [4.78, 5) is 13.1. The van der Waals surface area contributed by atoms with Gasteiger partial charge in [0.15, 0.2) is 9.84 Å². The van der Waals surface area contributed by atoms with Gasteiger partial charge in [0, 0.05) is 24.7 Å². The highest BCUT2D eigenvalue weighted by Gasteiger charge is 2.23. The molecule has 204 valence electrons. The molecule has 1 amide bonds. The molecule has 0 unspecified atom stereocenters. The van der Waals surface area contributed by atoms with Crippen molar-refractivity contribution in [3.8, 4) is 0 Å². The maximum atomic E-state index is 13.8. The number of halogens is 2. The average Bonchev–Trinajstić information content (AvgIpc) is 2.88. The van der Waals surface area contributed by atoms with Gasteiger partial charge >= 0.3 is 0 Å². The maximum Gasteiger partial charge on any atom is 0.251 e. The molecule has 0 fully saturated rings. The number of hydrogen-bond acceptors (Lipinski definition) is 5. The molecule has 0 aliphatic rings. The summed E-state index contributed by atoms with van der Waals surface area (Å²) in [7, 11) is -3.43. The first-order valence-corrected chi connectivity index (χ1v) is 14.3. The van der Waals surface area contributed by atoms with Gasteiger partial charge in [-0.15, -0.1) is 0 Å². The highest BCUT2D eigenvalue weighted by molar-refractivity contribution is 7.91. The van der Waals surface area contributed by atoms with Gasteiger partial charge in [-0.3, -0.25) is 4.79 Å². The Morgan fingerprint density at radius 3 is 2.21 bits per heavy atom. The van der Waals surface area contributed by atoms with Crippen molar-refractivity contribution in [2.45, 2.75) is 56.7 Å². The van der Waals surface area contributed by atoms with Gasteiger partial charge in [0.05, 0.1) is 22.8 Å². The Hall–Kier alpha value is -3.14. The second kappa shape index (κ2) is 13.6. The molecule has 2 atom stereocenters. The number of hydrogen-bond donors (Lipinski definition) is 3. The van der Waals surface area contributed by atoms with E-state index in [0.717, 1.165) is 30.2 Å². The molecule has 0 heterocycles. The molecule has 0 bridgehead atoms. The van der Waals surface area contributed by atoms with Crippen LogP contribution in [-0.4, -0.2) is 43.9 Å². The number of aliphatic hydroxyl groups is 1. The lowest BCUT2D eigenvalue weighted by Crippen LogP contribution is -2.48. The van der Waals surface area contributed by atoms with Crippen molar-refractivity contribution in [2.75, 3.05) is 12.3 Å². The Kier molecular flexibility index (Phi) is 10.5. The molecule has 9 heteroatoms. The van der Waals surface area contributed by atoms with Gasteiger partial charge in [-0.2, -0.15) is 0 Å². The van der Waals surface area contributed by atoms with Crippen LogP contribution in [-0.2, 0) is 29.2 Å². The van der Waals surface area contributed by atoms with E-state index in [1.165, 1.54) is 29.8 Å². The quantitative estimate of drug-likeness (QED) is 0.300. The van der Waals surface area contributed by atoms with Gasteiger partial charge in [-0.05, 0) is 72.4 Å². The van der Waals surface area contributed by atoms with Crippen molar-refractivity contribution in [2.24, 2.45) is 0 Å². The first kappa shape index (κ1) is 29.4. The first-order valence-electron chi connectivity index (χ1n) is 12.7. The Morgan fingerprint density at radius 2 is 1.58 bits per heavy atom.